The van der Waals surface area contributed by atoms with Crippen LogP contribution in [0.25, 0.3) is 11.5 Å². The number of aromatic nitrogens is 1. The van der Waals surface area contributed by atoms with Gasteiger partial charge in [-0.1, -0.05) is 32.1 Å². The Morgan fingerprint density at radius 3 is 2.58 bits per heavy atom. The number of hydrogen-bond acceptors (Lipinski definition) is 4. The summed E-state index contributed by atoms with van der Waals surface area (Å²) in [5, 5.41) is 3.33. The fourth-order valence-electron chi connectivity index (χ4n) is 5.17. The maximum Gasteiger partial charge on any atom is 0.271 e. The highest BCUT2D eigenvalue weighted by molar-refractivity contribution is 6.00. The SMILES string of the molecule is CCOCCCN1C(=O)c2ccc(-c3ccco3)n2C[C@]1(C)C(=O)NC1CCCCCCC1. The van der Waals surface area contributed by atoms with Crippen molar-refractivity contribution in [3.05, 3.63) is 36.2 Å². The third-order valence-corrected chi connectivity index (χ3v) is 7.08. The lowest BCUT2D eigenvalue weighted by Gasteiger charge is -2.45. The van der Waals surface area contributed by atoms with Gasteiger partial charge in [0.05, 0.1) is 18.5 Å². The molecular formula is C26H37N3O4. The number of rotatable bonds is 8. The molecule has 7 nitrogen and oxygen atoms in total. The summed E-state index contributed by atoms with van der Waals surface area (Å²) < 4.78 is 13.1. The molecule has 0 bridgehead atoms. The van der Waals surface area contributed by atoms with Crippen LogP contribution >= 0.6 is 0 Å². The Morgan fingerprint density at radius 1 is 1.15 bits per heavy atom. The highest BCUT2D eigenvalue weighted by atomic mass is 16.5. The fraction of sp³-hybridized carbons (Fsp3) is 0.615. The summed E-state index contributed by atoms with van der Waals surface area (Å²) in [6, 6.07) is 7.63. The van der Waals surface area contributed by atoms with Crippen LogP contribution in [0, 0.1) is 0 Å². The van der Waals surface area contributed by atoms with Gasteiger partial charge in [-0.25, -0.2) is 0 Å². The van der Waals surface area contributed by atoms with E-state index in [1.54, 1.807) is 11.2 Å². The molecule has 1 aliphatic carbocycles. The summed E-state index contributed by atoms with van der Waals surface area (Å²) in [6.45, 7) is 5.95. The Balaban J connectivity index is 1.61. The summed E-state index contributed by atoms with van der Waals surface area (Å²) in [4.78, 5) is 29.2. The van der Waals surface area contributed by atoms with Gasteiger partial charge in [0.2, 0.25) is 5.91 Å². The molecule has 2 aliphatic rings. The van der Waals surface area contributed by atoms with E-state index in [-0.39, 0.29) is 17.9 Å². The molecule has 7 heteroatoms. The van der Waals surface area contributed by atoms with Crippen LogP contribution in [0.1, 0.15) is 75.7 Å². The Labute approximate surface area is 196 Å². The molecule has 1 N–H and O–H groups in total. The van der Waals surface area contributed by atoms with E-state index >= 15 is 0 Å². The Kier molecular flexibility index (Phi) is 7.58. The monoisotopic (exact) mass is 455 g/mol. The summed E-state index contributed by atoms with van der Waals surface area (Å²) in [5.74, 6) is 0.509. The van der Waals surface area contributed by atoms with Gasteiger partial charge in [0, 0.05) is 25.8 Å². The van der Waals surface area contributed by atoms with Crippen molar-refractivity contribution in [3.8, 4) is 11.5 Å². The number of nitrogens with one attached hydrogen (secondary N) is 1. The van der Waals surface area contributed by atoms with E-state index in [0.29, 0.717) is 44.2 Å². The molecule has 0 aromatic carbocycles. The third kappa shape index (κ3) is 5.03. The lowest BCUT2D eigenvalue weighted by Crippen LogP contribution is -2.65. The first-order valence-electron chi connectivity index (χ1n) is 12.5. The predicted octanol–water partition coefficient (Wildman–Crippen LogP) is 4.62. The van der Waals surface area contributed by atoms with E-state index in [9.17, 15) is 9.59 Å². The lowest BCUT2D eigenvalue weighted by atomic mass is 9.92. The number of furan rings is 1. The number of fused-ring (bicyclic) bond motifs is 1. The first kappa shape index (κ1) is 23.6. The number of carbonyl (C=O) groups excluding carboxylic acids is 2. The zero-order valence-electron chi connectivity index (χ0n) is 20.0. The molecule has 3 heterocycles. The zero-order valence-corrected chi connectivity index (χ0v) is 20.0. The van der Waals surface area contributed by atoms with Gasteiger partial charge < -0.3 is 23.9 Å². The highest BCUT2D eigenvalue weighted by Gasteiger charge is 2.48. The van der Waals surface area contributed by atoms with Gasteiger partial charge >= 0.3 is 0 Å². The molecule has 1 aliphatic heterocycles. The summed E-state index contributed by atoms with van der Waals surface area (Å²) in [7, 11) is 0. The minimum atomic E-state index is -0.987. The number of ether oxygens (including phenoxy) is 1. The maximum absolute atomic E-state index is 13.8. The molecule has 2 aromatic heterocycles. The number of carbonyl (C=O) groups is 2. The van der Waals surface area contributed by atoms with Crippen LogP contribution in [0.15, 0.2) is 34.9 Å². The van der Waals surface area contributed by atoms with E-state index in [0.717, 1.165) is 31.4 Å². The van der Waals surface area contributed by atoms with E-state index in [1.807, 2.05) is 42.7 Å². The molecule has 0 saturated heterocycles. The number of hydrogen-bond donors (Lipinski definition) is 1. The van der Waals surface area contributed by atoms with E-state index in [1.165, 1.54) is 19.3 Å². The standard InChI is InChI=1S/C26H37N3O4/c1-3-32-17-10-16-29-24(30)22-15-14-21(23-13-9-18-33-23)28(22)19-26(29,2)25(31)27-20-11-7-5-4-6-8-12-20/h9,13-15,18,20H,3-8,10-12,16-17,19H2,1-2H3,(H,27,31)/t26-/m1/s1. The molecule has 1 atom stereocenters. The van der Waals surface area contributed by atoms with Crippen LogP contribution in [-0.4, -0.2) is 52.6 Å². The minimum Gasteiger partial charge on any atom is -0.463 e. The summed E-state index contributed by atoms with van der Waals surface area (Å²) in [6.07, 6.45) is 10.4. The molecule has 180 valence electrons. The molecular weight excluding hydrogens is 418 g/mol. The second-order valence-electron chi connectivity index (χ2n) is 9.46. The van der Waals surface area contributed by atoms with Gasteiger partial charge in [-0.2, -0.15) is 0 Å². The molecule has 4 rings (SSSR count). The Bertz CT molecular complexity index is 927. The first-order valence-corrected chi connectivity index (χ1v) is 12.5. The molecule has 2 aromatic rings. The van der Waals surface area contributed by atoms with Crippen molar-refractivity contribution in [2.75, 3.05) is 19.8 Å². The molecule has 0 unspecified atom stereocenters. The summed E-state index contributed by atoms with van der Waals surface area (Å²) in [5.41, 5.74) is 0.426. The molecule has 33 heavy (non-hydrogen) atoms. The predicted molar refractivity (Wildman–Crippen MR) is 127 cm³/mol. The van der Waals surface area contributed by atoms with Crippen molar-refractivity contribution in [1.82, 2.24) is 14.8 Å². The van der Waals surface area contributed by atoms with Gasteiger partial charge in [0.1, 0.15) is 17.0 Å². The van der Waals surface area contributed by atoms with E-state index < -0.39 is 5.54 Å². The van der Waals surface area contributed by atoms with Gasteiger partial charge in [-0.15, -0.1) is 0 Å². The smallest absolute Gasteiger partial charge is 0.271 e. The van der Waals surface area contributed by atoms with Crippen molar-refractivity contribution in [1.29, 1.82) is 0 Å². The number of nitrogens with zero attached hydrogens (tertiary/aromatic N) is 2. The average Bonchev–Trinajstić information content (AvgIpc) is 3.44. The van der Waals surface area contributed by atoms with Crippen molar-refractivity contribution in [2.24, 2.45) is 0 Å². The van der Waals surface area contributed by atoms with Crippen molar-refractivity contribution in [2.45, 2.75) is 83.3 Å². The number of amides is 2. The van der Waals surface area contributed by atoms with Gasteiger partial charge in [-0.3, -0.25) is 9.59 Å². The highest BCUT2D eigenvalue weighted by Crippen LogP contribution is 2.33. The van der Waals surface area contributed by atoms with E-state index in [4.69, 9.17) is 9.15 Å². The maximum atomic E-state index is 13.8. The lowest BCUT2D eigenvalue weighted by molar-refractivity contribution is -0.133. The fourth-order valence-corrected chi connectivity index (χ4v) is 5.17. The first-order chi connectivity index (χ1) is 16.0. The Morgan fingerprint density at radius 2 is 1.88 bits per heavy atom. The van der Waals surface area contributed by atoms with Crippen LogP contribution in [-0.2, 0) is 16.1 Å². The van der Waals surface area contributed by atoms with Crippen LogP contribution in [0.3, 0.4) is 0 Å². The normalized spacial score (nSPS) is 22.0. The Hall–Kier alpha value is -2.54. The van der Waals surface area contributed by atoms with Crippen molar-refractivity contribution >= 4 is 11.8 Å². The minimum absolute atomic E-state index is 0.0671. The molecule has 1 saturated carbocycles. The second kappa shape index (κ2) is 10.6. The topological polar surface area (TPSA) is 76.7 Å². The third-order valence-electron chi connectivity index (χ3n) is 7.08. The molecule has 0 spiro atoms. The van der Waals surface area contributed by atoms with E-state index in [2.05, 4.69) is 5.32 Å². The quantitative estimate of drug-likeness (QED) is 0.590. The van der Waals surface area contributed by atoms with Crippen LogP contribution in [0.5, 0.6) is 0 Å². The van der Waals surface area contributed by atoms with Crippen molar-refractivity contribution < 1.29 is 18.7 Å². The van der Waals surface area contributed by atoms with Crippen molar-refractivity contribution in [3.63, 3.8) is 0 Å². The van der Waals surface area contributed by atoms with Gasteiger partial charge in [-0.05, 0) is 57.4 Å². The van der Waals surface area contributed by atoms with Gasteiger partial charge in [0.15, 0.2) is 0 Å². The van der Waals surface area contributed by atoms with Crippen LogP contribution < -0.4 is 5.32 Å². The van der Waals surface area contributed by atoms with Crippen LogP contribution in [0.2, 0.25) is 0 Å². The second-order valence-corrected chi connectivity index (χ2v) is 9.46. The van der Waals surface area contributed by atoms with Gasteiger partial charge in [0.25, 0.3) is 5.91 Å². The van der Waals surface area contributed by atoms with Crippen LogP contribution in [0.4, 0.5) is 0 Å². The molecule has 2 amide bonds. The zero-order chi connectivity index (χ0) is 23.3. The molecule has 1 fully saturated rings. The molecule has 0 radical (unpaired) electrons. The average molecular weight is 456 g/mol. The largest absolute Gasteiger partial charge is 0.463 e. The summed E-state index contributed by atoms with van der Waals surface area (Å²) >= 11 is 0.